The fraction of sp³-hybridized carbons (Fsp3) is 0.214. The largest absolute Gasteiger partial charge is 0.480 e. The van der Waals surface area contributed by atoms with E-state index in [1.807, 2.05) is 22.9 Å². The number of thiazole rings is 1. The Hall–Kier alpha value is -2.08. The first-order valence-electron chi connectivity index (χ1n) is 6.17. The van der Waals surface area contributed by atoms with E-state index in [0.29, 0.717) is 12.4 Å². The van der Waals surface area contributed by atoms with E-state index in [1.165, 1.54) is 12.1 Å². The molecule has 104 valence electrons. The Morgan fingerprint density at radius 2 is 2.30 bits per heavy atom. The van der Waals surface area contributed by atoms with Crippen LogP contribution >= 0.6 is 11.3 Å². The second-order valence-electron chi connectivity index (χ2n) is 4.44. The highest BCUT2D eigenvalue weighted by Crippen LogP contribution is 2.24. The lowest BCUT2D eigenvalue weighted by molar-refractivity contribution is 0.395. The number of hydrogen-bond acceptors (Lipinski definition) is 4. The SMILES string of the molecule is COc1nc2sccn2c1CNc1ccc(F)cc1C. The molecule has 2 heterocycles. The van der Waals surface area contributed by atoms with Gasteiger partial charge in [-0.1, -0.05) is 0 Å². The van der Waals surface area contributed by atoms with Crippen molar-refractivity contribution in [2.45, 2.75) is 13.5 Å². The Morgan fingerprint density at radius 1 is 1.45 bits per heavy atom. The monoisotopic (exact) mass is 291 g/mol. The Labute approximate surface area is 119 Å². The molecule has 1 aromatic carbocycles. The molecule has 0 spiro atoms. The molecule has 0 aliphatic carbocycles. The number of fused-ring (bicyclic) bond motifs is 1. The molecule has 0 amide bonds. The van der Waals surface area contributed by atoms with Crippen LogP contribution in [0.25, 0.3) is 4.96 Å². The van der Waals surface area contributed by atoms with Crippen molar-refractivity contribution >= 4 is 22.0 Å². The summed E-state index contributed by atoms with van der Waals surface area (Å²) in [6, 6.07) is 4.70. The summed E-state index contributed by atoms with van der Waals surface area (Å²) in [6.07, 6.45) is 1.96. The lowest BCUT2D eigenvalue weighted by Gasteiger charge is -2.10. The topological polar surface area (TPSA) is 38.6 Å². The molecule has 0 fully saturated rings. The highest BCUT2D eigenvalue weighted by molar-refractivity contribution is 7.15. The summed E-state index contributed by atoms with van der Waals surface area (Å²) in [6.45, 7) is 2.44. The second-order valence-corrected chi connectivity index (χ2v) is 5.31. The Kier molecular flexibility index (Phi) is 3.31. The summed E-state index contributed by atoms with van der Waals surface area (Å²) in [5, 5.41) is 5.28. The second kappa shape index (κ2) is 5.13. The number of nitrogens with one attached hydrogen (secondary N) is 1. The van der Waals surface area contributed by atoms with Crippen molar-refractivity contribution in [3.05, 3.63) is 46.9 Å². The number of anilines is 1. The normalized spacial score (nSPS) is 10.9. The van der Waals surface area contributed by atoms with Crippen molar-refractivity contribution in [1.82, 2.24) is 9.38 Å². The third kappa shape index (κ3) is 2.22. The van der Waals surface area contributed by atoms with Gasteiger partial charge in [0.1, 0.15) is 11.5 Å². The molecule has 0 aliphatic rings. The lowest BCUT2D eigenvalue weighted by atomic mass is 10.2. The van der Waals surface area contributed by atoms with Crippen molar-refractivity contribution in [1.29, 1.82) is 0 Å². The zero-order valence-corrected chi connectivity index (χ0v) is 12.0. The molecule has 20 heavy (non-hydrogen) atoms. The molecule has 3 rings (SSSR count). The van der Waals surface area contributed by atoms with E-state index in [4.69, 9.17) is 4.74 Å². The van der Waals surface area contributed by atoms with Crippen molar-refractivity contribution in [2.24, 2.45) is 0 Å². The van der Waals surface area contributed by atoms with E-state index in [-0.39, 0.29) is 5.82 Å². The maximum absolute atomic E-state index is 13.1. The number of rotatable bonds is 4. The fourth-order valence-electron chi connectivity index (χ4n) is 2.14. The average molecular weight is 291 g/mol. The molecule has 0 unspecified atom stereocenters. The van der Waals surface area contributed by atoms with Gasteiger partial charge in [0.15, 0.2) is 4.96 Å². The van der Waals surface area contributed by atoms with Gasteiger partial charge in [-0.3, -0.25) is 4.40 Å². The molecule has 4 nitrogen and oxygen atoms in total. The molecule has 0 atom stereocenters. The molecule has 0 bridgehead atoms. The Morgan fingerprint density at radius 3 is 3.05 bits per heavy atom. The summed E-state index contributed by atoms with van der Waals surface area (Å²) in [4.78, 5) is 5.30. The van der Waals surface area contributed by atoms with Crippen LogP contribution in [0.2, 0.25) is 0 Å². The quantitative estimate of drug-likeness (QED) is 0.800. The number of aromatic nitrogens is 2. The van der Waals surface area contributed by atoms with Gasteiger partial charge in [-0.15, -0.1) is 11.3 Å². The number of hydrogen-bond donors (Lipinski definition) is 1. The predicted octanol–water partition coefficient (Wildman–Crippen LogP) is 3.46. The van der Waals surface area contributed by atoms with Crippen LogP contribution in [-0.2, 0) is 6.54 Å². The molecule has 3 aromatic rings. The zero-order chi connectivity index (χ0) is 14.1. The highest BCUT2D eigenvalue weighted by atomic mass is 32.1. The fourth-order valence-corrected chi connectivity index (χ4v) is 2.87. The van der Waals surface area contributed by atoms with Gasteiger partial charge in [-0.25, -0.2) is 4.39 Å². The van der Waals surface area contributed by atoms with Crippen molar-refractivity contribution < 1.29 is 9.13 Å². The molecule has 0 radical (unpaired) electrons. The van der Waals surface area contributed by atoms with Crippen LogP contribution in [0, 0.1) is 12.7 Å². The molecular formula is C14H14FN3OS. The number of methoxy groups -OCH3 is 1. The first-order chi connectivity index (χ1) is 9.69. The van der Waals surface area contributed by atoms with E-state index in [0.717, 1.165) is 21.9 Å². The van der Waals surface area contributed by atoms with Crippen molar-refractivity contribution in [3.63, 3.8) is 0 Å². The molecule has 0 saturated carbocycles. The number of aryl methyl sites for hydroxylation is 1. The van der Waals surface area contributed by atoms with E-state index in [1.54, 1.807) is 24.5 Å². The minimum atomic E-state index is -0.227. The van der Waals surface area contributed by atoms with Crippen LogP contribution in [0.4, 0.5) is 10.1 Å². The minimum absolute atomic E-state index is 0.227. The first-order valence-corrected chi connectivity index (χ1v) is 7.05. The number of benzene rings is 1. The van der Waals surface area contributed by atoms with Gasteiger partial charge in [0.2, 0.25) is 5.88 Å². The molecule has 1 N–H and O–H groups in total. The third-order valence-electron chi connectivity index (χ3n) is 3.15. The van der Waals surface area contributed by atoms with Crippen LogP contribution in [0.5, 0.6) is 5.88 Å². The van der Waals surface area contributed by atoms with E-state index >= 15 is 0 Å². The Bertz CT molecular complexity index is 750. The van der Waals surface area contributed by atoms with Gasteiger partial charge in [-0.2, -0.15) is 4.98 Å². The summed E-state index contributed by atoms with van der Waals surface area (Å²) in [5.41, 5.74) is 2.72. The summed E-state index contributed by atoms with van der Waals surface area (Å²) in [5.74, 6) is 0.388. The summed E-state index contributed by atoms with van der Waals surface area (Å²) in [7, 11) is 1.61. The van der Waals surface area contributed by atoms with Crippen LogP contribution in [-0.4, -0.2) is 16.5 Å². The molecule has 2 aromatic heterocycles. The van der Waals surface area contributed by atoms with Gasteiger partial charge in [0.05, 0.1) is 13.7 Å². The third-order valence-corrected chi connectivity index (χ3v) is 3.91. The van der Waals surface area contributed by atoms with Crippen LogP contribution < -0.4 is 10.1 Å². The van der Waals surface area contributed by atoms with E-state index in [9.17, 15) is 4.39 Å². The Balaban J connectivity index is 1.87. The minimum Gasteiger partial charge on any atom is -0.480 e. The van der Waals surface area contributed by atoms with Gasteiger partial charge in [-0.05, 0) is 30.7 Å². The molecule has 6 heteroatoms. The predicted molar refractivity (Wildman–Crippen MR) is 78.1 cm³/mol. The van der Waals surface area contributed by atoms with Gasteiger partial charge < -0.3 is 10.1 Å². The van der Waals surface area contributed by atoms with E-state index < -0.39 is 0 Å². The van der Waals surface area contributed by atoms with Crippen molar-refractivity contribution in [3.8, 4) is 5.88 Å². The summed E-state index contributed by atoms with van der Waals surface area (Å²) < 4.78 is 20.4. The van der Waals surface area contributed by atoms with Crippen LogP contribution in [0.15, 0.2) is 29.8 Å². The first kappa shape index (κ1) is 12.9. The number of halogens is 1. The van der Waals surface area contributed by atoms with Crippen LogP contribution in [0.3, 0.4) is 0 Å². The average Bonchev–Trinajstić information content (AvgIpc) is 2.98. The van der Waals surface area contributed by atoms with Gasteiger partial charge in [0, 0.05) is 17.3 Å². The standard InChI is InChI=1S/C14H14FN3OS/c1-9-7-10(15)3-4-11(9)16-8-12-13(19-2)17-14-18(12)5-6-20-14/h3-7,16H,8H2,1-2H3. The number of ether oxygens (including phenoxy) is 1. The lowest BCUT2D eigenvalue weighted by Crippen LogP contribution is -2.05. The maximum atomic E-state index is 13.1. The molecular weight excluding hydrogens is 277 g/mol. The van der Waals surface area contributed by atoms with Gasteiger partial charge in [0.25, 0.3) is 0 Å². The molecule has 0 aliphatic heterocycles. The highest BCUT2D eigenvalue weighted by Gasteiger charge is 2.13. The van der Waals surface area contributed by atoms with Crippen LogP contribution in [0.1, 0.15) is 11.3 Å². The van der Waals surface area contributed by atoms with E-state index in [2.05, 4.69) is 10.3 Å². The maximum Gasteiger partial charge on any atom is 0.238 e. The zero-order valence-electron chi connectivity index (χ0n) is 11.2. The number of nitrogens with zero attached hydrogens (tertiary/aromatic N) is 2. The molecule has 0 saturated heterocycles. The van der Waals surface area contributed by atoms with Gasteiger partial charge >= 0.3 is 0 Å². The summed E-state index contributed by atoms with van der Waals surface area (Å²) >= 11 is 1.56. The smallest absolute Gasteiger partial charge is 0.238 e. The van der Waals surface area contributed by atoms with Crippen molar-refractivity contribution in [2.75, 3.05) is 12.4 Å². The number of imidazole rings is 1.